The van der Waals surface area contributed by atoms with Crippen LogP contribution in [-0.4, -0.2) is 14.6 Å². The number of pyridine rings is 1. The molecular formula is C12H9BrN4. The summed E-state index contributed by atoms with van der Waals surface area (Å²) in [6, 6.07) is 11.5. The van der Waals surface area contributed by atoms with Crippen LogP contribution in [-0.2, 0) is 0 Å². The number of hydrogen-bond acceptors (Lipinski definition) is 3. The van der Waals surface area contributed by atoms with E-state index in [1.807, 2.05) is 42.6 Å². The monoisotopic (exact) mass is 288 g/mol. The summed E-state index contributed by atoms with van der Waals surface area (Å²) >= 11 is 3.49. The zero-order valence-corrected chi connectivity index (χ0v) is 10.4. The molecule has 0 aliphatic carbocycles. The van der Waals surface area contributed by atoms with Gasteiger partial charge in [-0.15, -0.1) is 5.10 Å². The summed E-state index contributed by atoms with van der Waals surface area (Å²) in [7, 11) is 0. The molecule has 0 spiro atoms. The number of nitrogen functional groups attached to an aromatic ring is 1. The molecule has 1 aromatic carbocycles. The molecule has 0 fully saturated rings. The number of rotatable bonds is 1. The molecular weight excluding hydrogens is 280 g/mol. The van der Waals surface area contributed by atoms with Crippen molar-refractivity contribution < 1.29 is 0 Å². The first-order valence-corrected chi connectivity index (χ1v) is 5.91. The Morgan fingerprint density at radius 2 is 1.94 bits per heavy atom. The first kappa shape index (κ1) is 10.3. The van der Waals surface area contributed by atoms with Crippen molar-refractivity contribution in [2.75, 3.05) is 5.73 Å². The van der Waals surface area contributed by atoms with Gasteiger partial charge in [-0.1, -0.05) is 28.1 Å². The standard InChI is InChI=1S/C12H9BrN4/c13-9-5-2-1-4-8(9)11-15-12-10(14)6-3-7-17(12)16-11/h1-7H,14H2. The SMILES string of the molecule is Nc1cccn2nc(-c3ccccc3Br)nc12. The number of benzene rings is 1. The van der Waals surface area contributed by atoms with E-state index in [4.69, 9.17) is 5.73 Å². The average molecular weight is 289 g/mol. The molecule has 0 saturated heterocycles. The molecule has 0 aliphatic heterocycles. The third-order valence-electron chi connectivity index (χ3n) is 2.51. The molecule has 0 bridgehead atoms. The second-order valence-corrected chi connectivity index (χ2v) is 4.50. The van der Waals surface area contributed by atoms with E-state index in [0.29, 0.717) is 17.2 Å². The Hall–Kier alpha value is -1.88. The number of aromatic nitrogens is 3. The van der Waals surface area contributed by atoms with Crippen molar-refractivity contribution in [2.24, 2.45) is 0 Å². The molecule has 0 aliphatic rings. The molecule has 5 heteroatoms. The van der Waals surface area contributed by atoms with Crippen LogP contribution < -0.4 is 5.73 Å². The molecule has 17 heavy (non-hydrogen) atoms. The fourth-order valence-electron chi connectivity index (χ4n) is 1.68. The number of nitrogens with two attached hydrogens (primary N) is 1. The molecule has 84 valence electrons. The van der Waals surface area contributed by atoms with Crippen molar-refractivity contribution in [3.63, 3.8) is 0 Å². The quantitative estimate of drug-likeness (QED) is 0.749. The van der Waals surface area contributed by atoms with Gasteiger partial charge in [0.15, 0.2) is 11.5 Å². The number of halogens is 1. The van der Waals surface area contributed by atoms with Gasteiger partial charge in [-0.3, -0.25) is 0 Å². The first-order chi connectivity index (χ1) is 8.25. The van der Waals surface area contributed by atoms with Gasteiger partial charge >= 0.3 is 0 Å². The van der Waals surface area contributed by atoms with Crippen molar-refractivity contribution in [1.29, 1.82) is 0 Å². The van der Waals surface area contributed by atoms with Crippen LogP contribution in [0.2, 0.25) is 0 Å². The second kappa shape index (κ2) is 3.85. The molecule has 3 rings (SSSR count). The topological polar surface area (TPSA) is 56.2 Å². The molecule has 0 amide bonds. The van der Waals surface area contributed by atoms with E-state index in [1.54, 1.807) is 4.52 Å². The summed E-state index contributed by atoms with van der Waals surface area (Å²) in [5, 5.41) is 4.40. The van der Waals surface area contributed by atoms with Crippen LogP contribution in [0.3, 0.4) is 0 Å². The fraction of sp³-hybridized carbons (Fsp3) is 0. The van der Waals surface area contributed by atoms with E-state index in [9.17, 15) is 0 Å². The maximum atomic E-state index is 5.85. The van der Waals surface area contributed by atoms with Gasteiger partial charge in [-0.05, 0) is 24.3 Å². The maximum Gasteiger partial charge on any atom is 0.183 e. The Labute approximate surface area is 106 Å². The third kappa shape index (κ3) is 1.68. The van der Waals surface area contributed by atoms with Crippen molar-refractivity contribution in [3.05, 3.63) is 47.1 Å². The van der Waals surface area contributed by atoms with Crippen LogP contribution in [0.4, 0.5) is 5.69 Å². The van der Waals surface area contributed by atoms with Crippen LogP contribution in [0.15, 0.2) is 47.1 Å². The summed E-state index contributed by atoms with van der Waals surface area (Å²) in [5.74, 6) is 0.662. The average Bonchev–Trinajstić information content (AvgIpc) is 2.75. The molecule has 2 heterocycles. The first-order valence-electron chi connectivity index (χ1n) is 5.11. The predicted octanol–water partition coefficient (Wildman–Crippen LogP) is 2.74. The highest BCUT2D eigenvalue weighted by Gasteiger charge is 2.10. The summed E-state index contributed by atoms with van der Waals surface area (Å²) in [6.45, 7) is 0. The van der Waals surface area contributed by atoms with Gasteiger partial charge in [0.2, 0.25) is 0 Å². The van der Waals surface area contributed by atoms with E-state index >= 15 is 0 Å². The lowest BCUT2D eigenvalue weighted by atomic mass is 10.2. The summed E-state index contributed by atoms with van der Waals surface area (Å²) in [5.41, 5.74) is 8.11. The Balaban J connectivity index is 2.26. The van der Waals surface area contributed by atoms with Gasteiger partial charge in [-0.2, -0.15) is 0 Å². The zero-order valence-electron chi connectivity index (χ0n) is 8.84. The lowest BCUT2D eigenvalue weighted by Gasteiger charge is -1.96. The Kier molecular flexibility index (Phi) is 2.33. The third-order valence-corrected chi connectivity index (χ3v) is 3.20. The van der Waals surface area contributed by atoms with Crippen molar-refractivity contribution >= 4 is 27.3 Å². The number of anilines is 1. The van der Waals surface area contributed by atoms with Crippen LogP contribution in [0, 0.1) is 0 Å². The highest BCUT2D eigenvalue weighted by atomic mass is 79.9. The molecule has 0 radical (unpaired) electrons. The van der Waals surface area contributed by atoms with Crippen LogP contribution >= 0.6 is 15.9 Å². The van der Waals surface area contributed by atoms with Crippen molar-refractivity contribution in [2.45, 2.75) is 0 Å². The molecule has 3 aromatic rings. The minimum Gasteiger partial charge on any atom is -0.396 e. The maximum absolute atomic E-state index is 5.85. The second-order valence-electron chi connectivity index (χ2n) is 3.65. The Morgan fingerprint density at radius 3 is 2.71 bits per heavy atom. The van der Waals surface area contributed by atoms with E-state index in [1.165, 1.54) is 0 Å². The highest BCUT2D eigenvalue weighted by molar-refractivity contribution is 9.10. The van der Waals surface area contributed by atoms with Crippen molar-refractivity contribution in [3.8, 4) is 11.4 Å². The lowest BCUT2D eigenvalue weighted by Crippen LogP contribution is -1.92. The Bertz CT molecular complexity index is 690. The van der Waals surface area contributed by atoms with Gasteiger partial charge in [0, 0.05) is 16.2 Å². The number of fused-ring (bicyclic) bond motifs is 1. The fourth-order valence-corrected chi connectivity index (χ4v) is 2.15. The minimum atomic E-state index is 0.623. The molecule has 0 atom stereocenters. The molecule has 0 unspecified atom stereocenters. The van der Waals surface area contributed by atoms with E-state index in [-0.39, 0.29) is 0 Å². The van der Waals surface area contributed by atoms with Crippen LogP contribution in [0.25, 0.3) is 17.0 Å². The molecule has 0 saturated carbocycles. The van der Waals surface area contributed by atoms with Gasteiger partial charge < -0.3 is 5.73 Å². The zero-order chi connectivity index (χ0) is 11.8. The number of hydrogen-bond donors (Lipinski definition) is 1. The van der Waals surface area contributed by atoms with Gasteiger partial charge in [0.1, 0.15) is 0 Å². The van der Waals surface area contributed by atoms with Gasteiger partial charge in [-0.25, -0.2) is 9.50 Å². The van der Waals surface area contributed by atoms with Gasteiger partial charge in [0.05, 0.1) is 5.69 Å². The normalized spacial score (nSPS) is 10.9. The Morgan fingerprint density at radius 1 is 1.12 bits per heavy atom. The molecule has 4 nitrogen and oxygen atoms in total. The van der Waals surface area contributed by atoms with Crippen LogP contribution in [0.1, 0.15) is 0 Å². The molecule has 2 aromatic heterocycles. The minimum absolute atomic E-state index is 0.623. The largest absolute Gasteiger partial charge is 0.396 e. The van der Waals surface area contributed by atoms with E-state index < -0.39 is 0 Å². The lowest BCUT2D eigenvalue weighted by molar-refractivity contribution is 0.967. The van der Waals surface area contributed by atoms with Crippen molar-refractivity contribution in [1.82, 2.24) is 14.6 Å². The molecule has 2 N–H and O–H groups in total. The van der Waals surface area contributed by atoms with Gasteiger partial charge in [0.25, 0.3) is 0 Å². The smallest absolute Gasteiger partial charge is 0.183 e. The van der Waals surface area contributed by atoms with E-state index in [0.717, 1.165) is 10.0 Å². The highest BCUT2D eigenvalue weighted by Crippen LogP contribution is 2.26. The van der Waals surface area contributed by atoms with Crippen LogP contribution in [0.5, 0.6) is 0 Å². The number of nitrogens with zero attached hydrogens (tertiary/aromatic N) is 3. The van der Waals surface area contributed by atoms with E-state index in [2.05, 4.69) is 26.0 Å². The summed E-state index contributed by atoms with van der Waals surface area (Å²) in [6.07, 6.45) is 1.83. The summed E-state index contributed by atoms with van der Waals surface area (Å²) < 4.78 is 2.65. The predicted molar refractivity (Wildman–Crippen MR) is 70.5 cm³/mol. The summed E-state index contributed by atoms with van der Waals surface area (Å²) in [4.78, 5) is 4.44.